The number of hydrogen-bond acceptors (Lipinski definition) is 6. The summed E-state index contributed by atoms with van der Waals surface area (Å²) in [7, 11) is 0. The number of rotatable bonds is 11. The zero-order chi connectivity index (χ0) is 29.6. The standard InChI is InChI=1S/C34H39NO5S/c1-23(2)28-16-11-24(3)21-30(28)39-18-17-35-32(36)31(41-33(35)37)22-25-9-7-8-10-29(25)40-20-19-38-27-14-12-26(13-15-27)34(4,5)6/h7-16,21-23H,17-20H2,1-6H3/b31-22-. The van der Waals surface area contributed by atoms with Crippen molar-refractivity contribution in [2.45, 2.75) is 52.9 Å². The van der Waals surface area contributed by atoms with Crippen LogP contribution in [-0.4, -0.2) is 42.4 Å². The molecule has 1 aliphatic heterocycles. The van der Waals surface area contributed by atoms with Crippen molar-refractivity contribution < 1.29 is 23.8 Å². The number of carbonyl (C=O) groups excluding carboxylic acids is 2. The van der Waals surface area contributed by atoms with Gasteiger partial charge in [-0.05, 0) is 77.1 Å². The summed E-state index contributed by atoms with van der Waals surface area (Å²) in [6.45, 7) is 13.9. The van der Waals surface area contributed by atoms with Gasteiger partial charge in [0, 0.05) is 5.56 Å². The zero-order valence-corrected chi connectivity index (χ0v) is 25.5. The Kier molecular flexibility index (Phi) is 9.81. The number of aryl methyl sites for hydroxylation is 1. The third-order valence-electron chi connectivity index (χ3n) is 6.77. The van der Waals surface area contributed by atoms with Gasteiger partial charge in [0.15, 0.2) is 0 Å². The van der Waals surface area contributed by atoms with Crippen LogP contribution in [0.3, 0.4) is 0 Å². The topological polar surface area (TPSA) is 65.1 Å². The fraction of sp³-hybridized carbons (Fsp3) is 0.353. The molecule has 0 saturated carbocycles. The SMILES string of the molecule is Cc1ccc(C(C)C)c(OCCN2C(=O)S/C(=C\c3ccccc3OCCOc3ccc(C(C)(C)C)cc3)C2=O)c1. The molecule has 7 heteroatoms. The Balaban J connectivity index is 1.33. The molecule has 0 bridgehead atoms. The van der Waals surface area contributed by atoms with E-state index in [-0.39, 0.29) is 29.7 Å². The van der Waals surface area contributed by atoms with Gasteiger partial charge in [-0.25, -0.2) is 0 Å². The monoisotopic (exact) mass is 573 g/mol. The molecule has 0 atom stereocenters. The van der Waals surface area contributed by atoms with Gasteiger partial charge >= 0.3 is 0 Å². The Morgan fingerprint density at radius 1 is 0.854 bits per heavy atom. The second-order valence-electron chi connectivity index (χ2n) is 11.4. The fourth-order valence-corrected chi connectivity index (χ4v) is 5.27. The molecule has 3 aromatic carbocycles. The first kappa shape index (κ1) is 30.3. The van der Waals surface area contributed by atoms with E-state index in [0.717, 1.165) is 40.0 Å². The lowest BCUT2D eigenvalue weighted by Crippen LogP contribution is -2.32. The lowest BCUT2D eigenvalue weighted by molar-refractivity contribution is -0.123. The van der Waals surface area contributed by atoms with E-state index in [0.29, 0.717) is 29.8 Å². The van der Waals surface area contributed by atoms with Crippen molar-refractivity contribution in [2.24, 2.45) is 0 Å². The summed E-state index contributed by atoms with van der Waals surface area (Å²) in [5.74, 6) is 2.18. The lowest BCUT2D eigenvalue weighted by Gasteiger charge is -2.19. The van der Waals surface area contributed by atoms with Crippen LogP contribution in [0.2, 0.25) is 0 Å². The summed E-state index contributed by atoms with van der Waals surface area (Å²) in [5.41, 5.74) is 4.27. The number of ether oxygens (including phenoxy) is 3. The fourth-order valence-electron chi connectivity index (χ4n) is 4.42. The van der Waals surface area contributed by atoms with Crippen LogP contribution in [0.1, 0.15) is 62.8 Å². The Morgan fingerprint density at radius 2 is 1.54 bits per heavy atom. The minimum atomic E-state index is -0.325. The zero-order valence-electron chi connectivity index (χ0n) is 24.7. The smallest absolute Gasteiger partial charge is 0.293 e. The Morgan fingerprint density at radius 3 is 2.24 bits per heavy atom. The van der Waals surface area contributed by atoms with E-state index in [9.17, 15) is 9.59 Å². The highest BCUT2D eigenvalue weighted by Crippen LogP contribution is 2.34. The molecular formula is C34H39NO5S. The summed E-state index contributed by atoms with van der Waals surface area (Å²) in [5, 5.41) is -0.303. The van der Waals surface area contributed by atoms with Gasteiger partial charge in [-0.15, -0.1) is 0 Å². The van der Waals surface area contributed by atoms with Gasteiger partial charge < -0.3 is 14.2 Å². The molecule has 41 heavy (non-hydrogen) atoms. The first-order valence-corrected chi connectivity index (χ1v) is 14.8. The first-order valence-electron chi connectivity index (χ1n) is 14.0. The second-order valence-corrected chi connectivity index (χ2v) is 12.4. The Bertz CT molecular complexity index is 1410. The van der Waals surface area contributed by atoms with Crippen LogP contribution < -0.4 is 14.2 Å². The molecule has 0 aliphatic carbocycles. The number of thioether (sulfide) groups is 1. The van der Waals surface area contributed by atoms with Crippen LogP contribution in [0.4, 0.5) is 4.79 Å². The molecule has 216 valence electrons. The van der Waals surface area contributed by atoms with Gasteiger partial charge in [0.05, 0.1) is 11.4 Å². The molecule has 0 unspecified atom stereocenters. The number of hydrogen-bond donors (Lipinski definition) is 0. The molecule has 1 aliphatic rings. The predicted molar refractivity (Wildman–Crippen MR) is 166 cm³/mol. The molecule has 0 radical (unpaired) electrons. The average Bonchev–Trinajstić information content (AvgIpc) is 3.19. The van der Waals surface area contributed by atoms with Crippen molar-refractivity contribution in [1.29, 1.82) is 0 Å². The first-order chi connectivity index (χ1) is 19.5. The van der Waals surface area contributed by atoms with E-state index in [2.05, 4.69) is 58.9 Å². The second kappa shape index (κ2) is 13.3. The molecule has 0 spiro atoms. The van der Waals surface area contributed by atoms with Crippen LogP contribution in [0.25, 0.3) is 6.08 Å². The summed E-state index contributed by atoms with van der Waals surface area (Å²) in [6.07, 6.45) is 1.71. The molecule has 6 nitrogen and oxygen atoms in total. The number of amides is 2. The summed E-state index contributed by atoms with van der Waals surface area (Å²) >= 11 is 0.933. The Labute approximate surface area is 247 Å². The van der Waals surface area contributed by atoms with Gasteiger partial charge in [-0.3, -0.25) is 14.5 Å². The molecule has 4 rings (SSSR count). The molecule has 1 saturated heterocycles. The maximum absolute atomic E-state index is 13.1. The van der Waals surface area contributed by atoms with Gasteiger partial charge in [0.1, 0.15) is 37.1 Å². The molecule has 2 amide bonds. The van der Waals surface area contributed by atoms with Crippen molar-refractivity contribution >= 4 is 29.0 Å². The molecule has 0 aromatic heterocycles. The van der Waals surface area contributed by atoms with Gasteiger partial charge in [0.2, 0.25) is 0 Å². The normalized spacial score (nSPS) is 14.7. The highest BCUT2D eigenvalue weighted by Gasteiger charge is 2.35. The van der Waals surface area contributed by atoms with Crippen LogP contribution in [0, 0.1) is 6.92 Å². The maximum Gasteiger partial charge on any atom is 0.293 e. The summed E-state index contributed by atoms with van der Waals surface area (Å²) < 4.78 is 17.8. The average molecular weight is 574 g/mol. The quantitative estimate of drug-likeness (QED) is 0.171. The third-order valence-corrected chi connectivity index (χ3v) is 7.68. The van der Waals surface area contributed by atoms with E-state index >= 15 is 0 Å². The van der Waals surface area contributed by atoms with E-state index in [1.807, 2.05) is 49.4 Å². The van der Waals surface area contributed by atoms with E-state index in [1.165, 1.54) is 10.5 Å². The minimum absolute atomic E-state index is 0.0904. The molecule has 0 N–H and O–H groups in total. The Hall–Kier alpha value is -3.71. The van der Waals surface area contributed by atoms with Gasteiger partial charge in [0.25, 0.3) is 11.1 Å². The highest BCUT2D eigenvalue weighted by atomic mass is 32.2. The number of para-hydroxylation sites is 1. The number of nitrogens with zero attached hydrogens (tertiary/aromatic N) is 1. The largest absolute Gasteiger partial charge is 0.491 e. The van der Waals surface area contributed by atoms with Crippen molar-refractivity contribution in [3.05, 3.63) is 93.9 Å². The summed E-state index contributed by atoms with van der Waals surface area (Å²) in [6, 6.07) is 21.7. The lowest BCUT2D eigenvalue weighted by atomic mass is 9.87. The van der Waals surface area contributed by atoms with Crippen molar-refractivity contribution in [3.63, 3.8) is 0 Å². The molecule has 1 fully saturated rings. The number of benzene rings is 3. The van der Waals surface area contributed by atoms with E-state index in [4.69, 9.17) is 14.2 Å². The number of imide groups is 1. The van der Waals surface area contributed by atoms with Gasteiger partial charge in [-0.2, -0.15) is 0 Å². The predicted octanol–water partition coefficient (Wildman–Crippen LogP) is 7.99. The van der Waals surface area contributed by atoms with Crippen LogP contribution in [0.5, 0.6) is 17.2 Å². The van der Waals surface area contributed by atoms with Gasteiger partial charge in [-0.1, -0.05) is 77.1 Å². The van der Waals surface area contributed by atoms with Crippen LogP contribution >= 0.6 is 11.8 Å². The maximum atomic E-state index is 13.1. The van der Waals surface area contributed by atoms with Crippen molar-refractivity contribution in [3.8, 4) is 17.2 Å². The van der Waals surface area contributed by atoms with Crippen LogP contribution in [0.15, 0.2) is 71.6 Å². The van der Waals surface area contributed by atoms with Crippen molar-refractivity contribution in [2.75, 3.05) is 26.4 Å². The molecule has 1 heterocycles. The molecular weight excluding hydrogens is 534 g/mol. The number of carbonyl (C=O) groups is 2. The van der Waals surface area contributed by atoms with Crippen LogP contribution in [-0.2, 0) is 10.2 Å². The van der Waals surface area contributed by atoms with Crippen molar-refractivity contribution in [1.82, 2.24) is 4.90 Å². The van der Waals surface area contributed by atoms with E-state index < -0.39 is 0 Å². The summed E-state index contributed by atoms with van der Waals surface area (Å²) in [4.78, 5) is 27.4. The molecule has 3 aromatic rings. The van der Waals surface area contributed by atoms with E-state index in [1.54, 1.807) is 6.08 Å². The minimum Gasteiger partial charge on any atom is -0.491 e. The third kappa shape index (κ3) is 7.94. The highest BCUT2D eigenvalue weighted by molar-refractivity contribution is 8.18.